The largest absolute Gasteiger partial charge is 0.393 e. The first kappa shape index (κ1) is 16.8. The standard InChI is InChI=1S/C16H22FNO4S/c1-11-5-6-13(17)16(9-11)23(20,21)18-7-8-22-10-14(18)12-3-2-4-15(12)19/h5-6,9,12,14-15,19H,2-4,7-8,10H2,1H3/t12-,14-,15+/m1/s1. The second kappa shape index (κ2) is 6.47. The van der Waals surface area contributed by atoms with Crippen LogP contribution in [-0.2, 0) is 14.8 Å². The molecule has 1 saturated carbocycles. The highest BCUT2D eigenvalue weighted by atomic mass is 32.2. The number of hydrogen-bond donors (Lipinski definition) is 1. The van der Waals surface area contributed by atoms with Gasteiger partial charge >= 0.3 is 0 Å². The molecule has 0 spiro atoms. The van der Waals surface area contributed by atoms with Gasteiger partial charge in [0.2, 0.25) is 10.0 Å². The SMILES string of the molecule is Cc1ccc(F)c(S(=O)(=O)N2CCOC[C@@H]2[C@H]2CCC[C@@H]2O)c1. The number of rotatable bonds is 3. The van der Waals surface area contributed by atoms with Gasteiger partial charge in [-0.25, -0.2) is 12.8 Å². The van der Waals surface area contributed by atoms with E-state index in [9.17, 15) is 17.9 Å². The molecule has 0 aromatic heterocycles. The van der Waals surface area contributed by atoms with E-state index in [4.69, 9.17) is 4.74 Å². The molecular formula is C16H22FNO4S. The van der Waals surface area contributed by atoms with Crippen LogP contribution in [0.2, 0.25) is 0 Å². The van der Waals surface area contributed by atoms with Gasteiger partial charge in [-0.3, -0.25) is 0 Å². The summed E-state index contributed by atoms with van der Waals surface area (Å²) in [5, 5.41) is 10.1. The van der Waals surface area contributed by atoms with Gasteiger partial charge in [-0.1, -0.05) is 12.5 Å². The summed E-state index contributed by atoms with van der Waals surface area (Å²) >= 11 is 0. The molecule has 1 heterocycles. The molecule has 0 unspecified atom stereocenters. The Hall–Kier alpha value is -1.02. The summed E-state index contributed by atoms with van der Waals surface area (Å²) in [6, 6.07) is 3.65. The number of aryl methyl sites for hydroxylation is 1. The number of aliphatic hydroxyl groups is 1. The van der Waals surface area contributed by atoms with E-state index < -0.39 is 28.0 Å². The average Bonchev–Trinajstić information content (AvgIpc) is 2.95. The van der Waals surface area contributed by atoms with Crippen molar-refractivity contribution in [1.29, 1.82) is 0 Å². The second-order valence-corrected chi connectivity index (χ2v) is 8.21. The fraction of sp³-hybridized carbons (Fsp3) is 0.625. The topological polar surface area (TPSA) is 66.8 Å². The van der Waals surface area contributed by atoms with Crippen molar-refractivity contribution in [1.82, 2.24) is 4.31 Å². The molecule has 0 amide bonds. The van der Waals surface area contributed by atoms with E-state index in [0.717, 1.165) is 12.8 Å². The summed E-state index contributed by atoms with van der Waals surface area (Å²) in [7, 11) is -3.96. The quantitative estimate of drug-likeness (QED) is 0.907. The first-order chi connectivity index (χ1) is 10.9. The minimum Gasteiger partial charge on any atom is -0.393 e. The van der Waals surface area contributed by atoms with Gasteiger partial charge in [0.1, 0.15) is 10.7 Å². The van der Waals surface area contributed by atoms with Crippen LogP contribution in [0.4, 0.5) is 4.39 Å². The van der Waals surface area contributed by atoms with E-state index >= 15 is 0 Å². The Bertz CT molecular complexity index is 679. The number of sulfonamides is 1. The zero-order valence-electron chi connectivity index (χ0n) is 13.1. The Labute approximate surface area is 136 Å². The van der Waals surface area contributed by atoms with Gasteiger partial charge in [-0.15, -0.1) is 0 Å². The highest BCUT2D eigenvalue weighted by Crippen LogP contribution is 2.35. The lowest BCUT2D eigenvalue weighted by Gasteiger charge is -2.39. The van der Waals surface area contributed by atoms with Crippen molar-refractivity contribution in [3.8, 4) is 0 Å². The van der Waals surface area contributed by atoms with Crippen molar-refractivity contribution in [2.24, 2.45) is 5.92 Å². The molecular weight excluding hydrogens is 321 g/mol. The third kappa shape index (κ3) is 3.15. The summed E-state index contributed by atoms with van der Waals surface area (Å²) in [5.74, 6) is -0.897. The molecule has 1 aromatic rings. The van der Waals surface area contributed by atoms with Gasteiger partial charge in [0.25, 0.3) is 0 Å². The van der Waals surface area contributed by atoms with E-state index in [1.807, 2.05) is 0 Å². The third-order valence-corrected chi connectivity index (χ3v) is 6.75. The van der Waals surface area contributed by atoms with Crippen LogP contribution in [0.5, 0.6) is 0 Å². The lowest BCUT2D eigenvalue weighted by molar-refractivity contribution is -0.0148. The molecule has 3 rings (SSSR count). The van der Waals surface area contributed by atoms with E-state index in [-0.39, 0.29) is 30.6 Å². The summed E-state index contributed by atoms with van der Waals surface area (Å²) in [6.07, 6.45) is 1.78. The highest BCUT2D eigenvalue weighted by molar-refractivity contribution is 7.89. The van der Waals surface area contributed by atoms with Crippen LogP contribution in [-0.4, -0.2) is 49.7 Å². The monoisotopic (exact) mass is 343 g/mol. The number of morpholine rings is 1. The Kier molecular flexibility index (Phi) is 4.73. The van der Waals surface area contributed by atoms with Crippen molar-refractivity contribution < 1.29 is 22.7 Å². The Balaban J connectivity index is 1.97. The smallest absolute Gasteiger partial charge is 0.246 e. The number of benzene rings is 1. The molecule has 128 valence electrons. The van der Waals surface area contributed by atoms with Gasteiger partial charge in [0.05, 0.1) is 25.4 Å². The van der Waals surface area contributed by atoms with Gasteiger partial charge < -0.3 is 9.84 Å². The zero-order valence-corrected chi connectivity index (χ0v) is 13.9. The van der Waals surface area contributed by atoms with Crippen molar-refractivity contribution >= 4 is 10.0 Å². The number of hydrogen-bond acceptors (Lipinski definition) is 4. The van der Waals surface area contributed by atoms with Crippen LogP contribution in [0.1, 0.15) is 24.8 Å². The molecule has 1 aromatic carbocycles. The molecule has 1 aliphatic heterocycles. The molecule has 7 heteroatoms. The van der Waals surface area contributed by atoms with Gasteiger partial charge in [0.15, 0.2) is 0 Å². The summed E-state index contributed by atoms with van der Waals surface area (Å²) in [4.78, 5) is -0.295. The molecule has 1 N–H and O–H groups in total. The molecule has 5 nitrogen and oxygen atoms in total. The van der Waals surface area contributed by atoms with E-state index in [0.29, 0.717) is 12.0 Å². The first-order valence-electron chi connectivity index (χ1n) is 7.95. The van der Waals surface area contributed by atoms with Crippen molar-refractivity contribution in [2.45, 2.75) is 43.2 Å². The predicted molar refractivity (Wildman–Crippen MR) is 83.0 cm³/mol. The Morgan fingerprint density at radius 3 is 2.83 bits per heavy atom. The number of aliphatic hydroxyl groups excluding tert-OH is 1. The molecule has 0 radical (unpaired) electrons. The Morgan fingerprint density at radius 1 is 1.35 bits per heavy atom. The summed E-state index contributed by atoms with van der Waals surface area (Å²) in [5.41, 5.74) is 0.690. The average molecular weight is 343 g/mol. The Morgan fingerprint density at radius 2 is 2.13 bits per heavy atom. The number of ether oxygens (including phenoxy) is 1. The summed E-state index contributed by atoms with van der Waals surface area (Å²) < 4.78 is 46.9. The maximum Gasteiger partial charge on any atom is 0.246 e. The van der Waals surface area contributed by atoms with E-state index in [1.165, 1.54) is 16.4 Å². The molecule has 23 heavy (non-hydrogen) atoms. The van der Waals surface area contributed by atoms with Crippen molar-refractivity contribution in [2.75, 3.05) is 19.8 Å². The normalized spacial score (nSPS) is 29.8. The van der Waals surface area contributed by atoms with Crippen LogP contribution in [0.3, 0.4) is 0 Å². The fourth-order valence-electron chi connectivity index (χ4n) is 3.60. The molecule has 2 aliphatic rings. The minimum atomic E-state index is -3.96. The molecule has 1 aliphatic carbocycles. The minimum absolute atomic E-state index is 0.155. The summed E-state index contributed by atoms with van der Waals surface area (Å²) in [6.45, 7) is 2.44. The zero-order chi connectivity index (χ0) is 16.6. The predicted octanol–water partition coefficient (Wildman–Crippen LogP) is 1.68. The first-order valence-corrected chi connectivity index (χ1v) is 9.39. The van der Waals surface area contributed by atoms with Crippen LogP contribution in [0.25, 0.3) is 0 Å². The second-order valence-electron chi connectivity index (χ2n) is 6.35. The molecule has 3 atom stereocenters. The van der Waals surface area contributed by atoms with Gasteiger partial charge in [0, 0.05) is 12.5 Å². The van der Waals surface area contributed by atoms with Crippen molar-refractivity contribution in [3.63, 3.8) is 0 Å². The number of nitrogens with zero attached hydrogens (tertiary/aromatic N) is 1. The lowest BCUT2D eigenvalue weighted by Crippen LogP contribution is -2.53. The molecule has 2 fully saturated rings. The van der Waals surface area contributed by atoms with Crippen molar-refractivity contribution in [3.05, 3.63) is 29.6 Å². The van der Waals surface area contributed by atoms with Crippen LogP contribution < -0.4 is 0 Å². The van der Waals surface area contributed by atoms with E-state index in [2.05, 4.69) is 0 Å². The molecule has 1 saturated heterocycles. The third-order valence-electron chi connectivity index (χ3n) is 4.81. The maximum absolute atomic E-state index is 14.1. The van der Waals surface area contributed by atoms with Crippen LogP contribution in [0, 0.1) is 18.7 Å². The fourth-order valence-corrected chi connectivity index (χ4v) is 5.39. The lowest BCUT2D eigenvalue weighted by atomic mass is 9.96. The van der Waals surface area contributed by atoms with Crippen LogP contribution in [0.15, 0.2) is 23.1 Å². The number of halogens is 1. The molecule has 0 bridgehead atoms. The van der Waals surface area contributed by atoms with Crippen LogP contribution >= 0.6 is 0 Å². The van der Waals surface area contributed by atoms with Gasteiger partial charge in [-0.2, -0.15) is 4.31 Å². The highest BCUT2D eigenvalue weighted by Gasteiger charge is 2.43. The van der Waals surface area contributed by atoms with E-state index in [1.54, 1.807) is 13.0 Å². The maximum atomic E-state index is 14.1. The van der Waals surface area contributed by atoms with Gasteiger partial charge in [-0.05, 0) is 37.5 Å².